The van der Waals surface area contributed by atoms with Crippen molar-refractivity contribution in [1.29, 1.82) is 0 Å². The van der Waals surface area contributed by atoms with Crippen molar-refractivity contribution in [3.05, 3.63) is 28.2 Å². The van der Waals surface area contributed by atoms with Crippen molar-refractivity contribution in [1.82, 2.24) is 5.32 Å². The molecule has 23 heavy (non-hydrogen) atoms. The molecule has 0 saturated carbocycles. The van der Waals surface area contributed by atoms with Crippen LogP contribution in [0.5, 0.6) is 0 Å². The molecule has 0 spiro atoms. The van der Waals surface area contributed by atoms with E-state index in [0.29, 0.717) is 36.2 Å². The molecule has 1 N–H and O–H groups in total. The average molecular weight is 383 g/mol. The van der Waals surface area contributed by atoms with Gasteiger partial charge in [-0.3, -0.25) is 9.10 Å². The second-order valence-corrected chi connectivity index (χ2v) is 7.58. The lowest BCUT2D eigenvalue weighted by Gasteiger charge is -2.22. The molecule has 0 saturated heterocycles. The van der Waals surface area contributed by atoms with Crippen molar-refractivity contribution < 1.29 is 17.9 Å². The van der Waals surface area contributed by atoms with E-state index in [1.165, 1.54) is 18.2 Å². The van der Waals surface area contributed by atoms with Crippen molar-refractivity contribution in [2.75, 3.05) is 36.9 Å². The molecule has 0 aromatic heterocycles. The van der Waals surface area contributed by atoms with Gasteiger partial charge in [-0.1, -0.05) is 23.2 Å². The highest BCUT2D eigenvalue weighted by Gasteiger charge is 2.21. The molecule has 0 bridgehead atoms. The Morgan fingerprint density at radius 2 is 1.87 bits per heavy atom. The van der Waals surface area contributed by atoms with Crippen molar-refractivity contribution in [3.8, 4) is 0 Å². The maximum atomic E-state index is 12.0. The first-order valence-electron chi connectivity index (χ1n) is 7.02. The van der Waals surface area contributed by atoms with Crippen LogP contribution in [0.4, 0.5) is 5.69 Å². The summed E-state index contributed by atoms with van der Waals surface area (Å²) in [4.78, 5) is 12.0. The summed E-state index contributed by atoms with van der Waals surface area (Å²) in [6.45, 7) is 3.11. The minimum atomic E-state index is -3.66. The van der Waals surface area contributed by atoms with Crippen LogP contribution in [-0.2, 0) is 19.6 Å². The van der Waals surface area contributed by atoms with E-state index in [1.54, 1.807) is 0 Å². The first kappa shape index (κ1) is 20.0. The average Bonchev–Trinajstić information content (AvgIpc) is 2.42. The van der Waals surface area contributed by atoms with Crippen LogP contribution in [0.1, 0.15) is 13.3 Å². The minimum absolute atomic E-state index is 0.245. The van der Waals surface area contributed by atoms with Gasteiger partial charge in [-0.05, 0) is 31.5 Å². The van der Waals surface area contributed by atoms with Gasteiger partial charge in [-0.25, -0.2) is 8.42 Å². The van der Waals surface area contributed by atoms with Gasteiger partial charge in [-0.2, -0.15) is 0 Å². The summed E-state index contributed by atoms with van der Waals surface area (Å²) in [6, 6.07) is 4.37. The Kier molecular flexibility index (Phi) is 8.11. The Balaban J connectivity index is 2.75. The Morgan fingerprint density at radius 1 is 1.26 bits per heavy atom. The van der Waals surface area contributed by atoms with Crippen molar-refractivity contribution >= 4 is 44.8 Å². The Labute approximate surface area is 146 Å². The molecule has 0 aliphatic rings. The van der Waals surface area contributed by atoms with Gasteiger partial charge >= 0.3 is 0 Å². The SMILES string of the molecule is CCOCCCNC(=O)CN(c1cc(Cl)cc(Cl)c1)S(C)(=O)=O. The normalized spacial score (nSPS) is 11.3. The van der Waals surface area contributed by atoms with Crippen molar-refractivity contribution in [2.45, 2.75) is 13.3 Å². The number of hydrogen-bond donors (Lipinski definition) is 1. The van der Waals surface area contributed by atoms with Gasteiger partial charge in [0.15, 0.2) is 0 Å². The maximum absolute atomic E-state index is 12.0. The fourth-order valence-electron chi connectivity index (χ4n) is 1.82. The third-order valence-electron chi connectivity index (χ3n) is 2.81. The van der Waals surface area contributed by atoms with Gasteiger partial charge in [0.05, 0.1) is 11.9 Å². The lowest BCUT2D eigenvalue weighted by molar-refractivity contribution is -0.119. The summed E-state index contributed by atoms with van der Waals surface area (Å²) >= 11 is 11.8. The molecule has 0 aliphatic heterocycles. The fraction of sp³-hybridized carbons (Fsp3) is 0.500. The molecule has 6 nitrogen and oxygen atoms in total. The van der Waals surface area contributed by atoms with E-state index in [9.17, 15) is 13.2 Å². The monoisotopic (exact) mass is 382 g/mol. The quantitative estimate of drug-likeness (QED) is 0.664. The Hall–Kier alpha value is -1.02. The van der Waals surface area contributed by atoms with E-state index in [-0.39, 0.29) is 12.2 Å². The highest BCUT2D eigenvalue weighted by molar-refractivity contribution is 7.92. The van der Waals surface area contributed by atoms with Crippen LogP contribution in [0.3, 0.4) is 0 Å². The predicted molar refractivity (Wildman–Crippen MR) is 92.8 cm³/mol. The highest BCUT2D eigenvalue weighted by Crippen LogP contribution is 2.26. The second-order valence-electron chi connectivity index (χ2n) is 4.80. The highest BCUT2D eigenvalue weighted by atomic mass is 35.5. The molecule has 0 heterocycles. The van der Waals surface area contributed by atoms with E-state index in [1.807, 2.05) is 6.92 Å². The molecule has 1 rings (SSSR count). The number of anilines is 1. The zero-order valence-corrected chi connectivity index (χ0v) is 15.3. The number of carbonyl (C=O) groups is 1. The smallest absolute Gasteiger partial charge is 0.240 e. The molecular formula is C14H20Cl2N2O4S. The van der Waals surface area contributed by atoms with E-state index in [0.717, 1.165) is 10.6 Å². The van der Waals surface area contributed by atoms with E-state index >= 15 is 0 Å². The standard InChI is InChI=1S/C14H20Cl2N2O4S/c1-3-22-6-4-5-17-14(19)10-18(23(2,20)21)13-8-11(15)7-12(16)9-13/h7-9H,3-6,10H2,1-2H3,(H,17,19). The third kappa shape index (κ3) is 7.39. The third-order valence-corrected chi connectivity index (χ3v) is 4.39. The first-order valence-corrected chi connectivity index (χ1v) is 9.62. The van der Waals surface area contributed by atoms with Gasteiger partial charge in [-0.15, -0.1) is 0 Å². The summed E-state index contributed by atoms with van der Waals surface area (Å²) in [5.74, 6) is -0.414. The van der Waals surface area contributed by atoms with E-state index in [2.05, 4.69) is 5.32 Å². The molecule has 0 atom stereocenters. The number of rotatable bonds is 9. The zero-order chi connectivity index (χ0) is 17.5. The van der Waals surface area contributed by atoms with Crippen LogP contribution < -0.4 is 9.62 Å². The van der Waals surface area contributed by atoms with Gasteiger partial charge in [0.1, 0.15) is 6.54 Å². The number of sulfonamides is 1. The lowest BCUT2D eigenvalue weighted by Crippen LogP contribution is -2.40. The molecule has 0 aliphatic carbocycles. The van der Waals surface area contributed by atoms with E-state index in [4.69, 9.17) is 27.9 Å². The largest absolute Gasteiger partial charge is 0.382 e. The van der Waals surface area contributed by atoms with Crippen molar-refractivity contribution in [3.63, 3.8) is 0 Å². The first-order chi connectivity index (χ1) is 10.7. The minimum Gasteiger partial charge on any atom is -0.382 e. The fourth-order valence-corrected chi connectivity index (χ4v) is 3.17. The lowest BCUT2D eigenvalue weighted by atomic mass is 10.3. The summed E-state index contributed by atoms with van der Waals surface area (Å²) < 4.78 is 30.0. The molecule has 1 aromatic rings. The number of nitrogens with one attached hydrogen (secondary N) is 1. The number of benzene rings is 1. The Morgan fingerprint density at radius 3 is 2.39 bits per heavy atom. The van der Waals surface area contributed by atoms with Crippen molar-refractivity contribution in [2.24, 2.45) is 0 Å². The molecule has 9 heteroatoms. The van der Waals surface area contributed by atoms with Crippen LogP contribution in [0.15, 0.2) is 18.2 Å². The number of carbonyl (C=O) groups excluding carboxylic acids is 1. The van der Waals surface area contributed by atoms with Crippen LogP contribution in [0.2, 0.25) is 10.0 Å². The molecule has 1 amide bonds. The molecular weight excluding hydrogens is 363 g/mol. The number of hydrogen-bond acceptors (Lipinski definition) is 4. The summed E-state index contributed by atoms with van der Waals surface area (Å²) in [6.07, 6.45) is 1.67. The van der Waals surface area contributed by atoms with Gasteiger partial charge in [0.25, 0.3) is 0 Å². The summed E-state index contributed by atoms with van der Waals surface area (Å²) in [5.41, 5.74) is 0.245. The molecule has 0 fully saturated rings. The molecule has 130 valence electrons. The summed E-state index contributed by atoms with van der Waals surface area (Å²) in [7, 11) is -3.66. The van der Waals surface area contributed by atoms with Crippen LogP contribution in [0.25, 0.3) is 0 Å². The number of halogens is 2. The van der Waals surface area contributed by atoms with Gasteiger partial charge in [0, 0.05) is 29.8 Å². The topological polar surface area (TPSA) is 75.7 Å². The summed E-state index contributed by atoms with van der Waals surface area (Å²) in [5, 5.41) is 3.23. The van der Waals surface area contributed by atoms with Crippen LogP contribution in [0, 0.1) is 0 Å². The number of nitrogens with zero attached hydrogens (tertiary/aromatic N) is 1. The number of amides is 1. The maximum Gasteiger partial charge on any atom is 0.240 e. The number of ether oxygens (including phenoxy) is 1. The Bertz CT molecular complexity index is 617. The van der Waals surface area contributed by atoms with Gasteiger partial charge < -0.3 is 10.1 Å². The van der Waals surface area contributed by atoms with Crippen LogP contribution in [-0.4, -0.2) is 46.9 Å². The van der Waals surface area contributed by atoms with Gasteiger partial charge in [0.2, 0.25) is 15.9 Å². The zero-order valence-electron chi connectivity index (χ0n) is 13.0. The second kappa shape index (κ2) is 9.32. The van der Waals surface area contributed by atoms with Crippen LogP contribution >= 0.6 is 23.2 Å². The molecule has 1 aromatic carbocycles. The molecule has 0 unspecified atom stereocenters. The molecule has 0 radical (unpaired) electrons. The predicted octanol–water partition coefficient (Wildman–Crippen LogP) is 2.30. The van der Waals surface area contributed by atoms with E-state index < -0.39 is 15.9 Å².